The van der Waals surface area contributed by atoms with Crippen molar-refractivity contribution in [3.63, 3.8) is 0 Å². The van der Waals surface area contributed by atoms with Crippen molar-refractivity contribution in [2.75, 3.05) is 19.8 Å². The fourth-order valence-corrected chi connectivity index (χ4v) is 3.51. The number of nitrogens with one attached hydrogen (secondary N) is 1. The molecule has 2 N–H and O–H groups in total. The summed E-state index contributed by atoms with van der Waals surface area (Å²) in [5, 5.41) is 11.9. The highest BCUT2D eigenvalue weighted by Gasteiger charge is 2.51. The minimum absolute atomic E-state index is 0.218. The maximum absolute atomic E-state index is 11.4. The minimum Gasteiger partial charge on any atom is -0.465 e. The van der Waals surface area contributed by atoms with Crippen LogP contribution in [0.15, 0.2) is 43.0 Å². The van der Waals surface area contributed by atoms with Crippen LogP contribution in [-0.2, 0) is 23.7 Å². The van der Waals surface area contributed by atoms with E-state index < -0.39 is 43.0 Å². The van der Waals surface area contributed by atoms with Crippen LogP contribution in [0.2, 0.25) is 0 Å². The van der Waals surface area contributed by atoms with Crippen LogP contribution in [0, 0.1) is 0 Å². The summed E-state index contributed by atoms with van der Waals surface area (Å²) in [6.07, 6.45) is -0.727. The van der Waals surface area contributed by atoms with E-state index in [1.165, 1.54) is 0 Å². The van der Waals surface area contributed by atoms with Gasteiger partial charge in [-0.15, -0.1) is 6.58 Å². The first-order valence-corrected chi connectivity index (χ1v) is 9.95. The molecule has 0 saturated carbocycles. The van der Waals surface area contributed by atoms with Crippen molar-refractivity contribution >= 4 is 6.09 Å². The molecule has 0 bridgehead atoms. The van der Waals surface area contributed by atoms with Crippen molar-refractivity contribution in [3.05, 3.63) is 48.6 Å². The van der Waals surface area contributed by atoms with E-state index in [9.17, 15) is 9.90 Å². The van der Waals surface area contributed by atoms with Gasteiger partial charge in [0.25, 0.3) is 0 Å². The standard InChI is InChI=1S/C21H29NO7/c1-3-5-12-25-18-16(22-21(23)24)20(26-11-4-2)28-15-13-27-19(29-17(15)18)14-9-7-6-8-10-14/h4,6-10,15-20,22H,2-3,5,11-13H2,1H3,(H,23,24). The summed E-state index contributed by atoms with van der Waals surface area (Å²) >= 11 is 0. The van der Waals surface area contributed by atoms with Crippen LogP contribution in [-0.4, -0.2) is 61.7 Å². The molecule has 2 aliphatic heterocycles. The second kappa shape index (κ2) is 10.7. The monoisotopic (exact) mass is 407 g/mol. The van der Waals surface area contributed by atoms with Crippen molar-refractivity contribution in [1.29, 1.82) is 0 Å². The molecule has 1 amide bonds. The smallest absolute Gasteiger partial charge is 0.405 e. The van der Waals surface area contributed by atoms with Crippen LogP contribution >= 0.6 is 0 Å². The van der Waals surface area contributed by atoms with Crippen molar-refractivity contribution in [3.8, 4) is 0 Å². The SMILES string of the molecule is C=CCOC1OC2COC(c3ccccc3)OC2C(OCCCC)C1NC(=O)O. The summed E-state index contributed by atoms with van der Waals surface area (Å²) in [4.78, 5) is 11.4. The first-order valence-electron chi connectivity index (χ1n) is 9.95. The van der Waals surface area contributed by atoms with Gasteiger partial charge in [-0.05, 0) is 6.42 Å². The molecular formula is C21H29NO7. The van der Waals surface area contributed by atoms with Crippen LogP contribution < -0.4 is 5.32 Å². The molecule has 1 aromatic rings. The van der Waals surface area contributed by atoms with E-state index in [1.807, 2.05) is 30.3 Å². The van der Waals surface area contributed by atoms with Gasteiger partial charge in [-0.2, -0.15) is 0 Å². The Bertz CT molecular complexity index is 656. The van der Waals surface area contributed by atoms with E-state index in [0.717, 1.165) is 18.4 Å². The Balaban J connectivity index is 1.82. The van der Waals surface area contributed by atoms with E-state index in [0.29, 0.717) is 6.61 Å². The van der Waals surface area contributed by atoms with Crippen LogP contribution in [0.4, 0.5) is 4.79 Å². The lowest BCUT2D eigenvalue weighted by Crippen LogP contribution is -2.67. The lowest BCUT2D eigenvalue weighted by atomic mass is 9.95. The summed E-state index contributed by atoms with van der Waals surface area (Å²) in [6.45, 7) is 6.69. The molecule has 0 radical (unpaired) electrons. The molecule has 6 unspecified atom stereocenters. The van der Waals surface area contributed by atoms with Gasteiger partial charge in [0.15, 0.2) is 12.6 Å². The predicted octanol–water partition coefficient (Wildman–Crippen LogP) is 2.85. The highest BCUT2D eigenvalue weighted by atomic mass is 16.7. The molecule has 0 aliphatic carbocycles. The van der Waals surface area contributed by atoms with Crippen LogP contribution in [0.3, 0.4) is 0 Å². The van der Waals surface area contributed by atoms with E-state index >= 15 is 0 Å². The van der Waals surface area contributed by atoms with Crippen molar-refractivity contribution in [2.24, 2.45) is 0 Å². The number of ether oxygens (including phenoxy) is 5. The minimum atomic E-state index is -1.18. The zero-order chi connectivity index (χ0) is 20.6. The second-order valence-electron chi connectivity index (χ2n) is 7.01. The molecule has 2 aliphatic rings. The third kappa shape index (κ3) is 5.55. The second-order valence-corrected chi connectivity index (χ2v) is 7.01. The number of hydrogen-bond donors (Lipinski definition) is 2. The van der Waals surface area contributed by atoms with E-state index in [4.69, 9.17) is 23.7 Å². The van der Waals surface area contributed by atoms with Crippen LogP contribution in [0.25, 0.3) is 0 Å². The van der Waals surface area contributed by atoms with E-state index in [1.54, 1.807) is 6.08 Å². The summed E-state index contributed by atoms with van der Waals surface area (Å²) in [7, 11) is 0. The van der Waals surface area contributed by atoms with Crippen LogP contribution in [0.1, 0.15) is 31.6 Å². The first-order chi connectivity index (χ1) is 14.1. The number of carbonyl (C=O) groups is 1. The van der Waals surface area contributed by atoms with Crippen LogP contribution in [0.5, 0.6) is 0 Å². The molecule has 8 nitrogen and oxygen atoms in total. The van der Waals surface area contributed by atoms with Gasteiger partial charge in [0.05, 0.1) is 13.2 Å². The Morgan fingerprint density at radius 3 is 2.79 bits per heavy atom. The number of hydrogen-bond acceptors (Lipinski definition) is 6. The molecule has 0 spiro atoms. The van der Waals surface area contributed by atoms with Gasteiger partial charge in [0.2, 0.25) is 0 Å². The van der Waals surface area contributed by atoms with Gasteiger partial charge >= 0.3 is 6.09 Å². The number of amides is 1. The van der Waals surface area contributed by atoms with Gasteiger partial charge in [-0.25, -0.2) is 4.79 Å². The van der Waals surface area contributed by atoms with Crippen molar-refractivity contribution in [2.45, 2.75) is 56.7 Å². The molecule has 8 heteroatoms. The maximum atomic E-state index is 11.4. The highest BCUT2D eigenvalue weighted by molar-refractivity contribution is 5.65. The average Bonchev–Trinajstić information content (AvgIpc) is 2.73. The molecule has 29 heavy (non-hydrogen) atoms. The molecule has 160 valence electrons. The van der Waals surface area contributed by atoms with E-state index in [-0.39, 0.29) is 13.2 Å². The van der Waals surface area contributed by atoms with Crippen molar-refractivity contribution in [1.82, 2.24) is 5.32 Å². The lowest BCUT2D eigenvalue weighted by molar-refractivity contribution is -0.347. The quantitative estimate of drug-likeness (QED) is 0.480. The number of fused-ring (bicyclic) bond motifs is 1. The normalized spacial score (nSPS) is 31.6. The molecule has 2 fully saturated rings. The van der Waals surface area contributed by atoms with Gasteiger partial charge < -0.3 is 34.1 Å². The Morgan fingerprint density at radius 1 is 1.31 bits per heavy atom. The number of benzene rings is 1. The maximum Gasteiger partial charge on any atom is 0.405 e. The topological polar surface area (TPSA) is 95.5 Å². The molecule has 3 rings (SSSR count). The molecule has 6 atom stereocenters. The van der Waals surface area contributed by atoms with Crippen molar-refractivity contribution < 1.29 is 33.6 Å². The summed E-state index contributed by atoms with van der Waals surface area (Å²) in [5.74, 6) is 0. The summed E-state index contributed by atoms with van der Waals surface area (Å²) in [6, 6.07) is 8.84. The summed E-state index contributed by atoms with van der Waals surface area (Å²) in [5.41, 5.74) is 0.881. The zero-order valence-corrected chi connectivity index (χ0v) is 16.6. The number of unbranched alkanes of at least 4 members (excludes halogenated alkanes) is 1. The van der Waals surface area contributed by atoms with Gasteiger partial charge in [-0.3, -0.25) is 0 Å². The predicted molar refractivity (Wildman–Crippen MR) is 104 cm³/mol. The largest absolute Gasteiger partial charge is 0.465 e. The molecule has 1 aromatic carbocycles. The average molecular weight is 407 g/mol. The fourth-order valence-electron chi connectivity index (χ4n) is 3.51. The third-order valence-corrected chi connectivity index (χ3v) is 4.89. The zero-order valence-electron chi connectivity index (χ0n) is 16.6. The molecule has 0 aromatic heterocycles. The number of carboxylic acid groups (broad SMARTS) is 1. The molecular weight excluding hydrogens is 378 g/mol. The summed E-state index contributed by atoms with van der Waals surface area (Å²) < 4.78 is 29.9. The Hall–Kier alpha value is -1.97. The van der Waals surface area contributed by atoms with E-state index in [2.05, 4.69) is 18.8 Å². The fraction of sp³-hybridized carbons (Fsp3) is 0.571. The third-order valence-electron chi connectivity index (χ3n) is 4.89. The lowest BCUT2D eigenvalue weighted by Gasteiger charge is -2.49. The molecule has 2 heterocycles. The Labute approximate surface area is 170 Å². The Morgan fingerprint density at radius 2 is 2.10 bits per heavy atom. The Kier molecular flexibility index (Phi) is 8.02. The first kappa shape index (κ1) is 21.7. The van der Waals surface area contributed by atoms with Gasteiger partial charge in [0.1, 0.15) is 24.4 Å². The highest BCUT2D eigenvalue weighted by Crippen LogP contribution is 2.35. The van der Waals surface area contributed by atoms with Gasteiger partial charge in [0, 0.05) is 12.2 Å². The molecule has 2 saturated heterocycles. The van der Waals surface area contributed by atoms with Gasteiger partial charge in [-0.1, -0.05) is 49.8 Å². The number of rotatable bonds is 9.